The number of likely N-dealkylation sites (tertiary alicyclic amines) is 1. The first-order valence-corrected chi connectivity index (χ1v) is 9.15. The van der Waals surface area contributed by atoms with Gasteiger partial charge in [-0.25, -0.2) is 0 Å². The van der Waals surface area contributed by atoms with Crippen molar-refractivity contribution in [2.24, 2.45) is 11.7 Å². The molecule has 0 saturated carbocycles. The molecule has 1 saturated heterocycles. The number of carbonyl (C=O) groups is 2. The van der Waals surface area contributed by atoms with Gasteiger partial charge in [-0.3, -0.25) is 9.59 Å². The third kappa shape index (κ3) is 9.06. The van der Waals surface area contributed by atoms with Crippen molar-refractivity contribution in [1.82, 2.24) is 4.90 Å². The number of hydrogen-bond acceptors (Lipinski definition) is 2. The molecule has 22 heavy (non-hydrogen) atoms. The van der Waals surface area contributed by atoms with E-state index in [-0.39, 0.29) is 5.91 Å². The van der Waals surface area contributed by atoms with Crippen LogP contribution in [-0.4, -0.2) is 29.8 Å². The van der Waals surface area contributed by atoms with E-state index in [2.05, 4.69) is 11.8 Å². The van der Waals surface area contributed by atoms with Crippen LogP contribution in [0.5, 0.6) is 0 Å². The molecule has 1 aliphatic heterocycles. The molecule has 0 spiro atoms. The van der Waals surface area contributed by atoms with E-state index in [1.807, 2.05) is 0 Å². The van der Waals surface area contributed by atoms with Crippen molar-refractivity contribution in [2.45, 2.75) is 84.0 Å². The number of hydrogen-bond donors (Lipinski definition) is 1. The van der Waals surface area contributed by atoms with Gasteiger partial charge >= 0.3 is 0 Å². The van der Waals surface area contributed by atoms with Crippen LogP contribution in [-0.2, 0) is 9.59 Å². The van der Waals surface area contributed by atoms with E-state index >= 15 is 0 Å². The molecule has 0 bridgehead atoms. The Labute approximate surface area is 135 Å². The summed E-state index contributed by atoms with van der Waals surface area (Å²) in [5.41, 5.74) is 5.10. The molecule has 2 N–H and O–H groups in total. The number of carbonyl (C=O) groups excluding carboxylic acids is 2. The summed E-state index contributed by atoms with van der Waals surface area (Å²) in [5.74, 6) is 0.845. The minimum absolute atomic E-state index is 0.187. The van der Waals surface area contributed by atoms with E-state index in [9.17, 15) is 9.59 Å². The van der Waals surface area contributed by atoms with Crippen LogP contribution in [0.2, 0.25) is 0 Å². The normalized spacial score (nSPS) is 18.4. The fourth-order valence-corrected chi connectivity index (χ4v) is 3.21. The summed E-state index contributed by atoms with van der Waals surface area (Å²) in [7, 11) is 0. The standard InChI is InChI=1S/C18H34N2O2/c1-16-11-10-14-20(15-16)18(22)13-9-7-5-3-2-4-6-8-12-17(19)21/h16H,2-15H2,1H3,(H2,19,21). The lowest BCUT2D eigenvalue weighted by atomic mass is 9.99. The van der Waals surface area contributed by atoms with Crippen LogP contribution in [0.15, 0.2) is 0 Å². The summed E-state index contributed by atoms with van der Waals surface area (Å²) in [6, 6.07) is 0. The van der Waals surface area contributed by atoms with Crippen molar-refractivity contribution in [2.75, 3.05) is 13.1 Å². The average Bonchev–Trinajstić information content (AvgIpc) is 2.48. The molecular weight excluding hydrogens is 276 g/mol. The summed E-state index contributed by atoms with van der Waals surface area (Å²) < 4.78 is 0. The molecular formula is C18H34N2O2. The van der Waals surface area contributed by atoms with Gasteiger partial charge in [0.25, 0.3) is 0 Å². The van der Waals surface area contributed by atoms with Gasteiger partial charge in [0.05, 0.1) is 0 Å². The summed E-state index contributed by atoms with van der Waals surface area (Å²) in [5, 5.41) is 0. The van der Waals surface area contributed by atoms with E-state index < -0.39 is 0 Å². The number of piperidine rings is 1. The maximum absolute atomic E-state index is 12.1. The summed E-state index contributed by atoms with van der Waals surface area (Å²) in [4.78, 5) is 24.7. The van der Waals surface area contributed by atoms with Crippen LogP contribution >= 0.6 is 0 Å². The minimum Gasteiger partial charge on any atom is -0.370 e. The van der Waals surface area contributed by atoms with Gasteiger partial charge in [-0.05, 0) is 31.6 Å². The second kappa shape index (κ2) is 11.5. The predicted molar refractivity (Wildman–Crippen MR) is 90.3 cm³/mol. The molecule has 4 heteroatoms. The highest BCUT2D eigenvalue weighted by molar-refractivity contribution is 5.76. The predicted octanol–water partition coefficient (Wildman–Crippen LogP) is 3.63. The Bertz CT molecular complexity index is 331. The van der Waals surface area contributed by atoms with E-state index in [0.29, 0.717) is 18.2 Å². The lowest BCUT2D eigenvalue weighted by molar-refractivity contribution is -0.133. The molecule has 4 nitrogen and oxygen atoms in total. The van der Waals surface area contributed by atoms with Crippen molar-refractivity contribution in [3.05, 3.63) is 0 Å². The van der Waals surface area contributed by atoms with E-state index in [1.165, 1.54) is 38.5 Å². The van der Waals surface area contributed by atoms with Crippen molar-refractivity contribution in [1.29, 1.82) is 0 Å². The molecule has 1 aliphatic rings. The number of nitrogens with two attached hydrogens (primary N) is 1. The van der Waals surface area contributed by atoms with Crippen molar-refractivity contribution >= 4 is 11.8 Å². The Morgan fingerprint density at radius 2 is 1.50 bits per heavy atom. The number of unbranched alkanes of at least 4 members (excludes halogenated alkanes) is 7. The van der Waals surface area contributed by atoms with Crippen LogP contribution < -0.4 is 5.73 Å². The van der Waals surface area contributed by atoms with Gasteiger partial charge < -0.3 is 10.6 Å². The average molecular weight is 310 g/mol. The zero-order chi connectivity index (χ0) is 16.2. The molecule has 128 valence electrons. The molecule has 1 heterocycles. The van der Waals surface area contributed by atoms with Crippen LogP contribution in [0.4, 0.5) is 0 Å². The molecule has 0 aliphatic carbocycles. The molecule has 0 aromatic rings. The van der Waals surface area contributed by atoms with Gasteiger partial charge in [0.1, 0.15) is 0 Å². The highest BCUT2D eigenvalue weighted by Gasteiger charge is 2.20. The molecule has 0 aromatic heterocycles. The van der Waals surface area contributed by atoms with Crippen LogP contribution in [0.3, 0.4) is 0 Å². The topological polar surface area (TPSA) is 63.4 Å². The zero-order valence-electron chi connectivity index (χ0n) is 14.3. The Hall–Kier alpha value is -1.06. The summed E-state index contributed by atoms with van der Waals surface area (Å²) in [6.45, 7) is 4.17. The SMILES string of the molecule is CC1CCCN(C(=O)CCCCCCCCCCC(N)=O)C1. The quantitative estimate of drug-likeness (QED) is 0.592. The first kappa shape index (κ1) is 19.0. The molecule has 2 amide bonds. The lowest BCUT2D eigenvalue weighted by Crippen LogP contribution is -2.38. The van der Waals surface area contributed by atoms with Crippen LogP contribution in [0.25, 0.3) is 0 Å². The number of nitrogens with zero attached hydrogens (tertiary/aromatic N) is 1. The van der Waals surface area contributed by atoms with Gasteiger partial charge in [0.2, 0.25) is 11.8 Å². The summed E-state index contributed by atoms with van der Waals surface area (Å²) >= 11 is 0. The fourth-order valence-electron chi connectivity index (χ4n) is 3.21. The van der Waals surface area contributed by atoms with Crippen molar-refractivity contribution < 1.29 is 9.59 Å². The van der Waals surface area contributed by atoms with Gasteiger partial charge in [-0.15, -0.1) is 0 Å². The van der Waals surface area contributed by atoms with Crippen LogP contribution in [0.1, 0.15) is 84.0 Å². The number of rotatable bonds is 11. The fraction of sp³-hybridized carbons (Fsp3) is 0.889. The molecule has 1 rings (SSSR count). The molecule has 1 fully saturated rings. The highest BCUT2D eigenvalue weighted by Crippen LogP contribution is 2.17. The molecule has 0 aromatic carbocycles. The molecule has 0 radical (unpaired) electrons. The maximum Gasteiger partial charge on any atom is 0.222 e. The first-order chi connectivity index (χ1) is 10.6. The molecule has 1 atom stereocenters. The zero-order valence-corrected chi connectivity index (χ0v) is 14.3. The van der Waals surface area contributed by atoms with Crippen molar-refractivity contribution in [3.8, 4) is 0 Å². The van der Waals surface area contributed by atoms with Crippen molar-refractivity contribution in [3.63, 3.8) is 0 Å². The first-order valence-electron chi connectivity index (χ1n) is 9.15. The lowest BCUT2D eigenvalue weighted by Gasteiger charge is -2.31. The Morgan fingerprint density at radius 3 is 2.05 bits per heavy atom. The second-order valence-corrected chi connectivity index (χ2v) is 6.88. The number of primary amides is 1. The smallest absolute Gasteiger partial charge is 0.222 e. The monoisotopic (exact) mass is 310 g/mol. The van der Waals surface area contributed by atoms with Crippen LogP contribution in [0, 0.1) is 5.92 Å². The van der Waals surface area contributed by atoms with E-state index in [4.69, 9.17) is 5.73 Å². The minimum atomic E-state index is -0.187. The van der Waals surface area contributed by atoms with Gasteiger partial charge in [-0.2, -0.15) is 0 Å². The largest absolute Gasteiger partial charge is 0.370 e. The van der Waals surface area contributed by atoms with Gasteiger partial charge in [0.15, 0.2) is 0 Å². The molecule has 1 unspecified atom stereocenters. The van der Waals surface area contributed by atoms with E-state index in [1.54, 1.807) is 0 Å². The van der Waals surface area contributed by atoms with Gasteiger partial charge in [-0.1, -0.05) is 45.4 Å². The Balaban J connectivity index is 1.88. The van der Waals surface area contributed by atoms with Gasteiger partial charge in [0, 0.05) is 25.9 Å². The maximum atomic E-state index is 12.1. The Kier molecular flexibility index (Phi) is 9.93. The third-order valence-electron chi connectivity index (χ3n) is 4.57. The van der Waals surface area contributed by atoms with E-state index in [0.717, 1.165) is 45.2 Å². The second-order valence-electron chi connectivity index (χ2n) is 6.88. The third-order valence-corrected chi connectivity index (χ3v) is 4.57. The number of amides is 2. The highest BCUT2D eigenvalue weighted by atomic mass is 16.2. The summed E-state index contributed by atoms with van der Waals surface area (Å²) in [6.07, 6.45) is 12.8. The Morgan fingerprint density at radius 1 is 0.955 bits per heavy atom.